The largest absolute Gasteiger partial charge is 0.444 e. The average molecular weight is 278 g/mol. The molecule has 1 aliphatic heterocycles. The third-order valence-electron chi connectivity index (χ3n) is 3.59. The summed E-state index contributed by atoms with van der Waals surface area (Å²) in [7, 11) is 0. The number of ether oxygens (including phenoxy) is 1. The molecule has 0 unspecified atom stereocenters. The van der Waals surface area contributed by atoms with Crippen LogP contribution in [-0.2, 0) is 4.74 Å². The molecule has 1 aliphatic carbocycles. The minimum atomic E-state index is -0.423. The second kappa shape index (κ2) is 6.00. The summed E-state index contributed by atoms with van der Waals surface area (Å²) in [5, 5.41) is 0. The third kappa shape index (κ3) is 4.10. The van der Waals surface area contributed by atoms with E-state index >= 15 is 0 Å². The number of allylic oxidation sites excluding steroid dienone is 2. The predicted octanol–water partition coefficient (Wildman–Crippen LogP) is 2.81. The highest BCUT2D eigenvalue weighted by molar-refractivity contribution is 5.68. The van der Waals surface area contributed by atoms with E-state index in [-0.39, 0.29) is 12.1 Å². The van der Waals surface area contributed by atoms with E-state index in [0.29, 0.717) is 0 Å². The van der Waals surface area contributed by atoms with E-state index < -0.39 is 5.60 Å². The maximum Gasteiger partial charge on any atom is 0.410 e. The van der Waals surface area contributed by atoms with Crippen molar-refractivity contribution in [2.24, 2.45) is 0 Å². The summed E-state index contributed by atoms with van der Waals surface area (Å²) in [6, 6.07) is 0.199. The van der Waals surface area contributed by atoms with Crippen molar-refractivity contribution in [2.45, 2.75) is 45.8 Å². The van der Waals surface area contributed by atoms with Crippen LogP contribution in [0.4, 0.5) is 4.79 Å². The van der Waals surface area contributed by atoms with E-state index in [0.717, 1.165) is 32.6 Å². The fourth-order valence-electron chi connectivity index (χ4n) is 2.65. The Morgan fingerprint density at radius 2 is 2.15 bits per heavy atom. The summed E-state index contributed by atoms with van der Waals surface area (Å²) in [5.41, 5.74) is 0.968. The molecule has 4 heteroatoms. The van der Waals surface area contributed by atoms with Crippen molar-refractivity contribution in [1.82, 2.24) is 9.80 Å². The van der Waals surface area contributed by atoms with Crippen LogP contribution in [0.2, 0.25) is 0 Å². The van der Waals surface area contributed by atoms with Crippen LogP contribution in [0.3, 0.4) is 0 Å². The quantitative estimate of drug-likeness (QED) is 0.778. The summed E-state index contributed by atoms with van der Waals surface area (Å²) in [6.45, 7) is 11.4. The Balaban J connectivity index is 1.85. The number of nitrogens with zero attached hydrogens (tertiary/aromatic N) is 2. The number of rotatable bonds is 2. The first-order chi connectivity index (χ1) is 9.35. The zero-order valence-corrected chi connectivity index (χ0v) is 13.1. The van der Waals surface area contributed by atoms with Gasteiger partial charge in [-0.15, -0.1) is 0 Å². The summed E-state index contributed by atoms with van der Waals surface area (Å²) in [4.78, 5) is 16.4. The first kappa shape index (κ1) is 15.1. The standard InChI is InChI=1S/C16H26N2O2/c1-13-11-17(12-14-7-5-6-8-14)9-10-18(13)15(19)20-16(2,3)4/h5,7-8,13H,6,9-12H2,1-4H3/t13-/m1/s1. The molecular weight excluding hydrogens is 252 g/mol. The molecule has 0 aromatic carbocycles. The normalized spacial score (nSPS) is 23.9. The van der Waals surface area contributed by atoms with Crippen molar-refractivity contribution in [3.05, 3.63) is 23.8 Å². The van der Waals surface area contributed by atoms with Crippen molar-refractivity contribution in [1.29, 1.82) is 0 Å². The van der Waals surface area contributed by atoms with Gasteiger partial charge in [0.25, 0.3) is 0 Å². The second-order valence-electron chi connectivity index (χ2n) is 6.67. The Labute approximate surface area is 122 Å². The number of hydrogen-bond acceptors (Lipinski definition) is 3. The summed E-state index contributed by atoms with van der Waals surface area (Å²) < 4.78 is 5.46. The molecule has 1 fully saturated rings. The highest BCUT2D eigenvalue weighted by Gasteiger charge is 2.30. The van der Waals surface area contributed by atoms with Gasteiger partial charge in [0.1, 0.15) is 5.60 Å². The van der Waals surface area contributed by atoms with Crippen molar-refractivity contribution in [3.63, 3.8) is 0 Å². The molecule has 0 aromatic rings. The Morgan fingerprint density at radius 3 is 2.70 bits per heavy atom. The van der Waals surface area contributed by atoms with Crippen LogP contribution in [0.25, 0.3) is 0 Å². The van der Waals surface area contributed by atoms with E-state index in [4.69, 9.17) is 4.74 Å². The lowest BCUT2D eigenvalue weighted by Crippen LogP contribution is -2.55. The summed E-state index contributed by atoms with van der Waals surface area (Å²) in [6.07, 6.45) is 7.53. The Bertz CT molecular complexity index is 421. The molecule has 2 rings (SSSR count). The van der Waals surface area contributed by atoms with Gasteiger partial charge < -0.3 is 9.64 Å². The lowest BCUT2D eigenvalue weighted by molar-refractivity contribution is 0.00261. The molecule has 0 bridgehead atoms. The average Bonchev–Trinajstić information content (AvgIpc) is 2.79. The molecule has 20 heavy (non-hydrogen) atoms. The van der Waals surface area contributed by atoms with Crippen molar-refractivity contribution in [2.75, 3.05) is 26.2 Å². The number of hydrogen-bond donors (Lipinski definition) is 0. The first-order valence-electron chi connectivity index (χ1n) is 7.43. The molecule has 0 aromatic heterocycles. The van der Waals surface area contributed by atoms with E-state index in [1.54, 1.807) is 0 Å². The van der Waals surface area contributed by atoms with Gasteiger partial charge in [-0.1, -0.05) is 18.2 Å². The van der Waals surface area contributed by atoms with E-state index in [1.165, 1.54) is 5.57 Å². The highest BCUT2D eigenvalue weighted by Crippen LogP contribution is 2.17. The predicted molar refractivity (Wildman–Crippen MR) is 80.7 cm³/mol. The molecule has 0 radical (unpaired) electrons. The maximum atomic E-state index is 12.1. The highest BCUT2D eigenvalue weighted by atomic mass is 16.6. The van der Waals surface area contributed by atoms with Gasteiger partial charge in [-0.3, -0.25) is 4.90 Å². The van der Waals surface area contributed by atoms with Crippen molar-refractivity contribution >= 4 is 6.09 Å². The molecule has 1 heterocycles. The van der Waals surface area contributed by atoms with Crippen LogP contribution in [0.1, 0.15) is 34.1 Å². The van der Waals surface area contributed by atoms with Crippen LogP contribution < -0.4 is 0 Å². The van der Waals surface area contributed by atoms with Gasteiger partial charge in [-0.05, 0) is 39.7 Å². The van der Waals surface area contributed by atoms with Crippen LogP contribution in [-0.4, -0.2) is 53.7 Å². The summed E-state index contributed by atoms with van der Waals surface area (Å²) in [5.74, 6) is 0. The number of carbonyl (C=O) groups is 1. The van der Waals surface area contributed by atoms with Crippen LogP contribution in [0.5, 0.6) is 0 Å². The fraction of sp³-hybridized carbons (Fsp3) is 0.688. The Hall–Kier alpha value is -1.29. The maximum absolute atomic E-state index is 12.1. The van der Waals surface area contributed by atoms with E-state index in [2.05, 4.69) is 30.1 Å². The van der Waals surface area contributed by atoms with Crippen LogP contribution in [0, 0.1) is 0 Å². The topological polar surface area (TPSA) is 32.8 Å². The molecule has 1 saturated heterocycles. The number of carbonyl (C=O) groups excluding carboxylic acids is 1. The first-order valence-corrected chi connectivity index (χ1v) is 7.43. The SMILES string of the molecule is C[C@@H]1CN(CC2=CCC=C2)CCN1C(=O)OC(C)(C)C. The Morgan fingerprint density at radius 1 is 1.40 bits per heavy atom. The summed E-state index contributed by atoms with van der Waals surface area (Å²) >= 11 is 0. The molecule has 0 spiro atoms. The molecule has 0 saturated carbocycles. The monoisotopic (exact) mass is 278 g/mol. The zero-order chi connectivity index (χ0) is 14.8. The van der Waals surface area contributed by atoms with Gasteiger partial charge in [-0.2, -0.15) is 0 Å². The van der Waals surface area contributed by atoms with Crippen molar-refractivity contribution < 1.29 is 9.53 Å². The lowest BCUT2D eigenvalue weighted by atomic mass is 10.1. The Kier molecular flexibility index (Phi) is 4.53. The molecule has 112 valence electrons. The van der Waals surface area contributed by atoms with Gasteiger partial charge in [0.15, 0.2) is 0 Å². The smallest absolute Gasteiger partial charge is 0.410 e. The molecule has 2 aliphatic rings. The van der Waals surface area contributed by atoms with Gasteiger partial charge in [0, 0.05) is 32.2 Å². The van der Waals surface area contributed by atoms with Crippen molar-refractivity contribution in [3.8, 4) is 0 Å². The van der Waals surface area contributed by atoms with Crippen LogP contribution in [0.15, 0.2) is 23.8 Å². The van der Waals surface area contributed by atoms with Crippen LogP contribution >= 0.6 is 0 Å². The molecular formula is C16H26N2O2. The minimum Gasteiger partial charge on any atom is -0.444 e. The molecule has 1 amide bonds. The van der Waals surface area contributed by atoms with E-state index in [1.807, 2.05) is 25.7 Å². The minimum absolute atomic E-state index is 0.190. The fourth-order valence-corrected chi connectivity index (χ4v) is 2.65. The zero-order valence-electron chi connectivity index (χ0n) is 13.1. The molecule has 0 N–H and O–H groups in total. The van der Waals surface area contributed by atoms with E-state index in [9.17, 15) is 4.79 Å². The van der Waals surface area contributed by atoms with Gasteiger partial charge in [0.2, 0.25) is 0 Å². The number of piperazine rings is 1. The second-order valence-corrected chi connectivity index (χ2v) is 6.67. The van der Waals surface area contributed by atoms with Gasteiger partial charge in [0.05, 0.1) is 0 Å². The molecule has 1 atom stereocenters. The van der Waals surface area contributed by atoms with Gasteiger partial charge in [-0.25, -0.2) is 4.79 Å². The molecule has 4 nitrogen and oxygen atoms in total. The lowest BCUT2D eigenvalue weighted by Gasteiger charge is -2.40. The number of amides is 1. The third-order valence-corrected chi connectivity index (χ3v) is 3.59. The van der Waals surface area contributed by atoms with Gasteiger partial charge >= 0.3 is 6.09 Å².